The van der Waals surface area contributed by atoms with E-state index < -0.39 is 10.0 Å². The molecule has 2 rings (SSSR count). The van der Waals surface area contributed by atoms with E-state index in [0.717, 1.165) is 5.56 Å². The van der Waals surface area contributed by atoms with Crippen LogP contribution < -0.4 is 4.72 Å². The Hall–Kier alpha value is -0.790. The van der Waals surface area contributed by atoms with Gasteiger partial charge in [0.15, 0.2) is 0 Å². The Morgan fingerprint density at radius 1 is 1.12 bits per heavy atom. The lowest BCUT2D eigenvalue weighted by atomic mass is 10.2. The predicted octanol–water partition coefficient (Wildman–Crippen LogP) is 5.12. The molecule has 0 heterocycles. The van der Waals surface area contributed by atoms with Gasteiger partial charge in [-0.1, -0.05) is 35.3 Å². The van der Waals surface area contributed by atoms with E-state index >= 15 is 0 Å². The number of benzene rings is 2. The molecule has 0 aromatic heterocycles. The van der Waals surface area contributed by atoms with Gasteiger partial charge in [0.1, 0.15) is 10.7 Å². The van der Waals surface area contributed by atoms with E-state index in [1.165, 1.54) is 30.3 Å². The van der Waals surface area contributed by atoms with Crippen LogP contribution in [-0.4, -0.2) is 19.7 Å². The highest BCUT2D eigenvalue weighted by atomic mass is 35.5. The molecule has 136 valence electrons. The Balaban J connectivity index is 2.00. The molecule has 0 atom stereocenters. The molecule has 0 spiro atoms. The van der Waals surface area contributed by atoms with Gasteiger partial charge in [0.2, 0.25) is 10.0 Å². The maximum absolute atomic E-state index is 12.9. The van der Waals surface area contributed by atoms with Gasteiger partial charge in [0, 0.05) is 22.1 Å². The fourth-order valence-electron chi connectivity index (χ4n) is 1.94. The highest BCUT2D eigenvalue weighted by molar-refractivity contribution is 7.99. The number of rotatable bonds is 7. The van der Waals surface area contributed by atoms with Crippen molar-refractivity contribution in [3.63, 3.8) is 0 Å². The van der Waals surface area contributed by atoms with Crippen LogP contribution in [0.4, 0.5) is 4.39 Å². The molecule has 0 bridgehead atoms. The second kappa shape index (κ2) is 8.27. The molecule has 0 unspecified atom stereocenters. The zero-order chi connectivity index (χ0) is 18.7. The van der Waals surface area contributed by atoms with Crippen molar-refractivity contribution in [3.05, 3.63) is 63.9 Å². The minimum Gasteiger partial charge on any atom is -0.210 e. The van der Waals surface area contributed by atoms with Crippen LogP contribution in [0, 0.1) is 5.82 Å². The molecule has 0 aliphatic carbocycles. The molecular weight excluding hydrogens is 404 g/mol. The largest absolute Gasteiger partial charge is 0.242 e. The molecule has 0 saturated carbocycles. The van der Waals surface area contributed by atoms with Crippen LogP contribution in [0.25, 0.3) is 0 Å². The van der Waals surface area contributed by atoms with Crippen LogP contribution in [0.2, 0.25) is 10.0 Å². The Morgan fingerprint density at radius 2 is 1.76 bits per heavy atom. The number of sulfonamides is 1. The van der Waals surface area contributed by atoms with E-state index in [1.807, 2.05) is 13.8 Å². The van der Waals surface area contributed by atoms with Crippen molar-refractivity contribution in [2.24, 2.45) is 0 Å². The lowest BCUT2D eigenvalue weighted by molar-refractivity contribution is 0.570. The standard InChI is InChI=1S/C17H18Cl2FNO2S2/c1-17(2,24-10-12-3-6-14(20)7-4-12)11-21-25(22,23)16-9-13(18)5-8-15(16)19/h3-9,21H,10-11H2,1-2H3. The highest BCUT2D eigenvalue weighted by Crippen LogP contribution is 2.29. The van der Waals surface area contributed by atoms with Crippen molar-refractivity contribution in [1.29, 1.82) is 0 Å². The minimum atomic E-state index is -3.76. The van der Waals surface area contributed by atoms with Crippen molar-refractivity contribution in [2.75, 3.05) is 6.54 Å². The summed E-state index contributed by atoms with van der Waals surface area (Å²) in [4.78, 5) is -0.0407. The van der Waals surface area contributed by atoms with Gasteiger partial charge in [-0.3, -0.25) is 0 Å². The van der Waals surface area contributed by atoms with Crippen molar-refractivity contribution in [3.8, 4) is 0 Å². The molecule has 8 heteroatoms. The van der Waals surface area contributed by atoms with Crippen molar-refractivity contribution in [2.45, 2.75) is 29.2 Å². The summed E-state index contributed by atoms with van der Waals surface area (Å²) in [6.45, 7) is 4.08. The normalized spacial score (nSPS) is 12.4. The van der Waals surface area contributed by atoms with Crippen LogP contribution in [0.5, 0.6) is 0 Å². The van der Waals surface area contributed by atoms with E-state index in [1.54, 1.807) is 23.9 Å². The van der Waals surface area contributed by atoms with Gasteiger partial charge in [-0.05, 0) is 49.7 Å². The van der Waals surface area contributed by atoms with Gasteiger partial charge in [-0.2, -0.15) is 0 Å². The predicted molar refractivity (Wildman–Crippen MR) is 103 cm³/mol. The molecule has 0 amide bonds. The second-order valence-corrected chi connectivity index (χ2v) is 10.3. The maximum atomic E-state index is 12.9. The maximum Gasteiger partial charge on any atom is 0.242 e. The first-order valence-corrected chi connectivity index (χ1v) is 10.6. The van der Waals surface area contributed by atoms with E-state index in [0.29, 0.717) is 10.8 Å². The Labute approximate surface area is 162 Å². The van der Waals surface area contributed by atoms with Crippen LogP contribution in [0.15, 0.2) is 47.4 Å². The Kier molecular flexibility index (Phi) is 6.79. The molecule has 1 N–H and O–H groups in total. The number of halogens is 3. The number of thioether (sulfide) groups is 1. The van der Waals surface area contributed by atoms with Gasteiger partial charge >= 0.3 is 0 Å². The quantitative estimate of drug-likeness (QED) is 0.674. The fourth-order valence-corrected chi connectivity index (χ4v) is 4.93. The van der Waals surface area contributed by atoms with Gasteiger partial charge in [0.25, 0.3) is 0 Å². The fraction of sp³-hybridized carbons (Fsp3) is 0.294. The summed E-state index contributed by atoms with van der Waals surface area (Å²) in [7, 11) is -3.76. The summed E-state index contributed by atoms with van der Waals surface area (Å²) >= 11 is 13.4. The summed E-state index contributed by atoms with van der Waals surface area (Å²) in [5.74, 6) is 0.367. The first-order chi connectivity index (χ1) is 11.6. The molecule has 0 aliphatic heterocycles. The van der Waals surface area contributed by atoms with E-state index in [2.05, 4.69) is 4.72 Å². The van der Waals surface area contributed by atoms with Crippen LogP contribution in [0.1, 0.15) is 19.4 Å². The second-order valence-electron chi connectivity index (χ2n) is 6.07. The molecular formula is C17H18Cl2FNO2S2. The zero-order valence-electron chi connectivity index (χ0n) is 13.7. The van der Waals surface area contributed by atoms with Crippen LogP contribution in [0.3, 0.4) is 0 Å². The lowest BCUT2D eigenvalue weighted by Crippen LogP contribution is -2.36. The SMILES string of the molecule is CC(C)(CNS(=O)(=O)c1cc(Cl)ccc1Cl)SCc1ccc(F)cc1. The van der Waals surface area contributed by atoms with E-state index in [4.69, 9.17) is 23.2 Å². The number of hydrogen-bond acceptors (Lipinski definition) is 3. The molecule has 0 saturated heterocycles. The third-order valence-electron chi connectivity index (χ3n) is 3.41. The third kappa shape index (κ3) is 6.15. The van der Waals surface area contributed by atoms with Gasteiger partial charge < -0.3 is 0 Å². The summed E-state index contributed by atoms with van der Waals surface area (Å²) in [6.07, 6.45) is 0. The van der Waals surface area contributed by atoms with Crippen LogP contribution >= 0.6 is 35.0 Å². The third-order valence-corrected chi connectivity index (χ3v) is 6.93. The summed E-state index contributed by atoms with van der Waals surface area (Å²) < 4.78 is 40.1. The average Bonchev–Trinajstić information content (AvgIpc) is 2.55. The molecule has 2 aromatic rings. The topological polar surface area (TPSA) is 46.2 Å². The minimum absolute atomic E-state index is 0.0407. The van der Waals surface area contributed by atoms with Crippen molar-refractivity contribution >= 4 is 45.0 Å². The average molecular weight is 422 g/mol. The van der Waals surface area contributed by atoms with Gasteiger partial charge in [0.05, 0.1) is 5.02 Å². The molecule has 2 aromatic carbocycles. The molecule has 0 radical (unpaired) electrons. The number of nitrogens with one attached hydrogen (secondary N) is 1. The highest BCUT2D eigenvalue weighted by Gasteiger charge is 2.24. The smallest absolute Gasteiger partial charge is 0.210 e. The van der Waals surface area contributed by atoms with E-state index in [-0.39, 0.29) is 27.0 Å². The lowest BCUT2D eigenvalue weighted by Gasteiger charge is -2.24. The summed E-state index contributed by atoms with van der Waals surface area (Å²) in [5.41, 5.74) is 0.972. The first kappa shape index (κ1) is 20.5. The molecule has 25 heavy (non-hydrogen) atoms. The Bertz CT molecular complexity index is 840. The zero-order valence-corrected chi connectivity index (χ0v) is 16.9. The number of hydrogen-bond donors (Lipinski definition) is 1. The van der Waals surface area contributed by atoms with E-state index in [9.17, 15) is 12.8 Å². The summed E-state index contributed by atoms with van der Waals surface area (Å²) in [5, 5.41) is 0.420. The van der Waals surface area contributed by atoms with Crippen molar-refractivity contribution in [1.82, 2.24) is 4.72 Å². The monoisotopic (exact) mass is 421 g/mol. The molecule has 0 aliphatic rings. The Morgan fingerprint density at radius 3 is 2.40 bits per heavy atom. The first-order valence-electron chi connectivity index (χ1n) is 7.42. The molecule has 3 nitrogen and oxygen atoms in total. The summed E-state index contributed by atoms with van der Waals surface area (Å²) in [6, 6.07) is 10.6. The van der Waals surface area contributed by atoms with Crippen molar-refractivity contribution < 1.29 is 12.8 Å². The van der Waals surface area contributed by atoms with Crippen LogP contribution in [-0.2, 0) is 15.8 Å². The van der Waals surface area contributed by atoms with Gasteiger partial charge in [-0.15, -0.1) is 11.8 Å². The van der Waals surface area contributed by atoms with Gasteiger partial charge in [-0.25, -0.2) is 17.5 Å². The molecule has 0 fully saturated rings.